The molecule has 0 saturated heterocycles. The van der Waals surface area contributed by atoms with Crippen molar-refractivity contribution in [2.75, 3.05) is 13.2 Å². The minimum Gasteiger partial charge on any atom is -0.462 e. The molecule has 6 heteroatoms. The summed E-state index contributed by atoms with van der Waals surface area (Å²) in [4.78, 5) is 38.3. The third-order valence-electron chi connectivity index (χ3n) is 14.3. The van der Waals surface area contributed by atoms with Crippen molar-refractivity contribution in [1.82, 2.24) is 0 Å². The molecule has 0 aliphatic carbocycles. The van der Waals surface area contributed by atoms with Gasteiger partial charge in [-0.15, -0.1) is 0 Å². The van der Waals surface area contributed by atoms with Gasteiger partial charge in [0.25, 0.3) is 0 Å². The van der Waals surface area contributed by atoms with E-state index in [2.05, 4.69) is 130 Å². The van der Waals surface area contributed by atoms with Crippen LogP contribution in [0.5, 0.6) is 0 Å². The molecule has 452 valence electrons. The molecule has 0 aliphatic rings. The van der Waals surface area contributed by atoms with Gasteiger partial charge in [-0.25, -0.2) is 0 Å². The Balaban J connectivity index is 4.21. The Bertz CT molecular complexity index is 1590. The van der Waals surface area contributed by atoms with E-state index in [1.54, 1.807) is 0 Å². The monoisotopic (exact) mass is 1100 g/mol. The number of rotatable bonds is 60. The average Bonchev–Trinajstić information content (AvgIpc) is 3.45. The van der Waals surface area contributed by atoms with E-state index >= 15 is 0 Å². The van der Waals surface area contributed by atoms with Crippen molar-refractivity contribution < 1.29 is 28.6 Å². The maximum atomic E-state index is 12.9. The first-order valence-electron chi connectivity index (χ1n) is 33.4. The summed E-state index contributed by atoms with van der Waals surface area (Å²) in [5, 5.41) is 0. The van der Waals surface area contributed by atoms with Crippen molar-refractivity contribution in [2.24, 2.45) is 0 Å². The lowest BCUT2D eigenvalue weighted by molar-refractivity contribution is -0.167. The standard InChI is InChI=1S/C73H124O6/c1-4-7-10-13-16-19-22-24-26-28-30-31-32-33-34-35-36-37-38-39-40-41-43-44-46-48-51-54-57-60-63-66-72(75)78-69-70(68-77-71(74)65-62-59-56-53-50-21-18-15-12-9-6-3)79-73(76)67-64-61-58-55-52-49-47-45-42-29-27-25-23-20-17-14-11-8-5-2/h7-8,10-11,16-17,19-20,24-27,30-31,33-34,42,45,70H,4-6,9,12-15,18,21-23,28-29,32,35-41,43-44,46-69H2,1-3H3/b10-7-,11-8-,19-16-,20-17-,26-24-,27-25-,31-30-,34-33-,45-42-. The molecule has 0 aliphatic heterocycles. The van der Waals surface area contributed by atoms with Gasteiger partial charge in [-0.3, -0.25) is 14.4 Å². The fourth-order valence-corrected chi connectivity index (χ4v) is 9.35. The Labute approximate surface area is 489 Å². The number of carbonyl (C=O) groups is 3. The van der Waals surface area contributed by atoms with E-state index in [0.717, 1.165) is 128 Å². The van der Waals surface area contributed by atoms with E-state index in [9.17, 15) is 14.4 Å². The fourth-order valence-electron chi connectivity index (χ4n) is 9.35. The molecule has 0 radical (unpaired) electrons. The predicted molar refractivity (Wildman–Crippen MR) is 343 cm³/mol. The van der Waals surface area contributed by atoms with Crippen LogP contribution in [0.2, 0.25) is 0 Å². The molecule has 0 aromatic rings. The van der Waals surface area contributed by atoms with Gasteiger partial charge in [0.05, 0.1) is 0 Å². The molecule has 1 atom stereocenters. The van der Waals surface area contributed by atoms with Crippen molar-refractivity contribution in [1.29, 1.82) is 0 Å². The summed E-state index contributed by atoms with van der Waals surface area (Å²) in [6.07, 6.45) is 91.1. The highest BCUT2D eigenvalue weighted by Gasteiger charge is 2.19. The molecular weight excluding hydrogens is 973 g/mol. The minimum atomic E-state index is -0.785. The largest absolute Gasteiger partial charge is 0.462 e. The Morgan fingerprint density at radius 3 is 0.772 bits per heavy atom. The molecule has 6 nitrogen and oxygen atoms in total. The second-order valence-electron chi connectivity index (χ2n) is 22.0. The first-order valence-corrected chi connectivity index (χ1v) is 33.4. The zero-order valence-electron chi connectivity index (χ0n) is 51.9. The molecule has 0 bridgehead atoms. The summed E-state index contributed by atoms with van der Waals surface area (Å²) in [5.41, 5.74) is 0. The van der Waals surface area contributed by atoms with Gasteiger partial charge in [-0.2, -0.15) is 0 Å². The second-order valence-corrected chi connectivity index (χ2v) is 22.0. The molecule has 0 spiro atoms. The molecule has 0 aromatic heterocycles. The van der Waals surface area contributed by atoms with Gasteiger partial charge in [0, 0.05) is 19.3 Å². The van der Waals surface area contributed by atoms with E-state index in [4.69, 9.17) is 14.2 Å². The van der Waals surface area contributed by atoms with Crippen molar-refractivity contribution in [2.45, 2.75) is 322 Å². The number of hydrogen-bond acceptors (Lipinski definition) is 6. The van der Waals surface area contributed by atoms with E-state index in [1.165, 1.54) is 148 Å². The maximum Gasteiger partial charge on any atom is 0.306 e. The van der Waals surface area contributed by atoms with Crippen LogP contribution in [-0.2, 0) is 28.6 Å². The number of hydrogen-bond donors (Lipinski definition) is 0. The summed E-state index contributed by atoms with van der Waals surface area (Å²) in [6, 6.07) is 0. The van der Waals surface area contributed by atoms with Crippen LogP contribution in [0.3, 0.4) is 0 Å². The van der Waals surface area contributed by atoms with E-state index < -0.39 is 6.10 Å². The summed E-state index contributed by atoms with van der Waals surface area (Å²) in [7, 11) is 0. The van der Waals surface area contributed by atoms with Crippen LogP contribution in [0.15, 0.2) is 109 Å². The highest BCUT2D eigenvalue weighted by atomic mass is 16.6. The fraction of sp³-hybridized carbons (Fsp3) is 0.712. The number of allylic oxidation sites excluding steroid dienone is 18. The SMILES string of the molecule is CC/C=C\C/C=C\C/C=C\C/C=C\C/C=C\CCCCCCCCCCCCCCCCCC(=O)OCC(COC(=O)CCCCCCCCCCCCC)OC(=O)CCCCCCCC/C=C\C/C=C\C/C=C\C/C=C\CC. The van der Waals surface area contributed by atoms with Gasteiger partial charge in [-0.05, 0) is 103 Å². The Morgan fingerprint density at radius 1 is 0.266 bits per heavy atom. The Morgan fingerprint density at radius 2 is 0.494 bits per heavy atom. The summed E-state index contributed by atoms with van der Waals surface area (Å²) < 4.78 is 16.9. The van der Waals surface area contributed by atoms with Gasteiger partial charge in [0.15, 0.2) is 6.10 Å². The maximum absolute atomic E-state index is 12.9. The quantitative estimate of drug-likeness (QED) is 0.0261. The average molecular weight is 1100 g/mol. The number of ether oxygens (including phenoxy) is 3. The first-order chi connectivity index (χ1) is 39.0. The van der Waals surface area contributed by atoms with Crippen molar-refractivity contribution in [3.8, 4) is 0 Å². The Hall–Kier alpha value is -3.93. The minimum absolute atomic E-state index is 0.0807. The third kappa shape index (κ3) is 64.8. The molecule has 0 rings (SSSR count). The van der Waals surface area contributed by atoms with Crippen molar-refractivity contribution in [3.63, 3.8) is 0 Å². The molecular formula is C73H124O6. The normalized spacial score (nSPS) is 12.8. The molecule has 0 heterocycles. The molecule has 0 N–H and O–H groups in total. The predicted octanol–water partition coefficient (Wildman–Crippen LogP) is 23.0. The van der Waals surface area contributed by atoms with Crippen LogP contribution >= 0.6 is 0 Å². The van der Waals surface area contributed by atoms with Gasteiger partial charge in [0.2, 0.25) is 0 Å². The lowest BCUT2D eigenvalue weighted by Gasteiger charge is -2.18. The van der Waals surface area contributed by atoms with Crippen molar-refractivity contribution in [3.05, 3.63) is 109 Å². The molecule has 0 aromatic carbocycles. The van der Waals surface area contributed by atoms with E-state index in [-0.39, 0.29) is 31.1 Å². The van der Waals surface area contributed by atoms with E-state index in [1.807, 2.05) is 0 Å². The van der Waals surface area contributed by atoms with Crippen LogP contribution in [0, 0.1) is 0 Å². The Kier molecular flexibility index (Phi) is 63.3. The van der Waals surface area contributed by atoms with Crippen molar-refractivity contribution >= 4 is 17.9 Å². The lowest BCUT2D eigenvalue weighted by atomic mass is 10.0. The van der Waals surface area contributed by atoms with Gasteiger partial charge < -0.3 is 14.2 Å². The highest BCUT2D eigenvalue weighted by Crippen LogP contribution is 2.17. The topological polar surface area (TPSA) is 78.9 Å². The highest BCUT2D eigenvalue weighted by molar-refractivity contribution is 5.71. The zero-order chi connectivity index (χ0) is 57.1. The molecule has 1 unspecified atom stereocenters. The molecule has 0 saturated carbocycles. The molecule has 0 amide bonds. The number of carbonyl (C=O) groups excluding carboxylic acids is 3. The van der Waals surface area contributed by atoms with Gasteiger partial charge in [-0.1, -0.05) is 304 Å². The van der Waals surface area contributed by atoms with Gasteiger partial charge >= 0.3 is 17.9 Å². The number of unbranched alkanes of at least 4 members (excludes halogenated alkanes) is 31. The first kappa shape index (κ1) is 75.1. The number of esters is 3. The van der Waals surface area contributed by atoms with Crippen LogP contribution in [0.4, 0.5) is 0 Å². The third-order valence-corrected chi connectivity index (χ3v) is 14.3. The second kappa shape index (κ2) is 66.6. The molecule has 79 heavy (non-hydrogen) atoms. The summed E-state index contributed by atoms with van der Waals surface area (Å²) in [6.45, 7) is 6.42. The van der Waals surface area contributed by atoms with Crippen LogP contribution in [0.1, 0.15) is 316 Å². The van der Waals surface area contributed by atoms with Gasteiger partial charge in [0.1, 0.15) is 13.2 Å². The zero-order valence-corrected chi connectivity index (χ0v) is 51.9. The van der Waals surface area contributed by atoms with Crippen LogP contribution < -0.4 is 0 Å². The van der Waals surface area contributed by atoms with Crippen LogP contribution in [-0.4, -0.2) is 37.2 Å². The molecule has 0 fully saturated rings. The lowest BCUT2D eigenvalue weighted by Crippen LogP contribution is -2.30. The smallest absolute Gasteiger partial charge is 0.306 e. The summed E-state index contributed by atoms with van der Waals surface area (Å²) >= 11 is 0. The van der Waals surface area contributed by atoms with E-state index in [0.29, 0.717) is 19.3 Å². The summed E-state index contributed by atoms with van der Waals surface area (Å²) in [5.74, 6) is -0.885. The van der Waals surface area contributed by atoms with Crippen LogP contribution in [0.25, 0.3) is 0 Å².